The number of nitrogens with one attached hydrogen (secondary N) is 1. The Morgan fingerprint density at radius 1 is 1.08 bits per heavy atom. The molecule has 1 aliphatic heterocycles. The summed E-state index contributed by atoms with van der Waals surface area (Å²) >= 11 is 0. The predicted octanol–water partition coefficient (Wildman–Crippen LogP) is 4.15. The monoisotopic (exact) mass is 322 g/mol. The standard InChI is InChI=1S/C21H26N2O/c1-16-8-6-9-17(2)20(16)22-21(24)19-12-7-13-23(15-19)14-18-10-4-3-5-11-18/h3-6,8-11,19H,7,12-15H2,1-2H3,(H,22,24)/t19-/m0/s1. The quantitative estimate of drug-likeness (QED) is 0.917. The molecule has 1 aliphatic rings. The summed E-state index contributed by atoms with van der Waals surface area (Å²) in [4.78, 5) is 15.1. The fourth-order valence-corrected chi connectivity index (χ4v) is 3.49. The fraction of sp³-hybridized carbons (Fsp3) is 0.381. The van der Waals surface area contributed by atoms with Crippen LogP contribution >= 0.6 is 0 Å². The van der Waals surface area contributed by atoms with E-state index in [0.717, 1.165) is 49.3 Å². The molecule has 0 unspecified atom stereocenters. The van der Waals surface area contributed by atoms with E-state index in [0.29, 0.717) is 0 Å². The van der Waals surface area contributed by atoms with Crippen LogP contribution in [-0.2, 0) is 11.3 Å². The third-order valence-electron chi connectivity index (χ3n) is 4.85. The van der Waals surface area contributed by atoms with E-state index in [-0.39, 0.29) is 11.8 Å². The third-order valence-corrected chi connectivity index (χ3v) is 4.85. The molecule has 0 radical (unpaired) electrons. The van der Waals surface area contributed by atoms with Gasteiger partial charge < -0.3 is 5.32 Å². The lowest BCUT2D eigenvalue weighted by molar-refractivity contribution is -0.121. The van der Waals surface area contributed by atoms with Crippen LogP contribution in [0.5, 0.6) is 0 Å². The molecule has 1 N–H and O–H groups in total. The van der Waals surface area contributed by atoms with Crippen LogP contribution in [0.25, 0.3) is 0 Å². The topological polar surface area (TPSA) is 32.3 Å². The maximum Gasteiger partial charge on any atom is 0.228 e. The SMILES string of the molecule is Cc1cccc(C)c1NC(=O)[C@H]1CCCN(Cc2ccccc2)C1. The summed E-state index contributed by atoms with van der Waals surface area (Å²) in [6, 6.07) is 16.6. The van der Waals surface area contributed by atoms with Crippen LogP contribution in [0.15, 0.2) is 48.5 Å². The van der Waals surface area contributed by atoms with E-state index in [2.05, 4.69) is 34.5 Å². The number of para-hydroxylation sites is 1. The molecule has 3 nitrogen and oxygen atoms in total. The van der Waals surface area contributed by atoms with E-state index in [1.165, 1.54) is 5.56 Å². The summed E-state index contributed by atoms with van der Waals surface area (Å²) in [6.07, 6.45) is 2.06. The largest absolute Gasteiger partial charge is 0.325 e. The number of benzene rings is 2. The summed E-state index contributed by atoms with van der Waals surface area (Å²) in [5.74, 6) is 0.228. The molecular formula is C21H26N2O. The van der Waals surface area contributed by atoms with Crippen molar-refractivity contribution in [3.05, 3.63) is 65.2 Å². The first-order chi connectivity index (χ1) is 11.6. The molecule has 24 heavy (non-hydrogen) atoms. The molecule has 126 valence electrons. The molecule has 1 saturated heterocycles. The third kappa shape index (κ3) is 4.04. The number of piperidine rings is 1. The van der Waals surface area contributed by atoms with Crippen LogP contribution in [0.4, 0.5) is 5.69 Å². The Labute approximate surface area is 144 Å². The van der Waals surface area contributed by atoms with Gasteiger partial charge in [-0.15, -0.1) is 0 Å². The number of hydrogen-bond acceptors (Lipinski definition) is 2. The highest BCUT2D eigenvalue weighted by atomic mass is 16.1. The number of amides is 1. The molecule has 0 bridgehead atoms. The van der Waals surface area contributed by atoms with Crippen LogP contribution in [0, 0.1) is 19.8 Å². The molecule has 3 rings (SSSR count). The normalized spacial score (nSPS) is 18.3. The van der Waals surface area contributed by atoms with Gasteiger partial charge in [0, 0.05) is 18.8 Å². The van der Waals surface area contributed by atoms with Gasteiger partial charge in [0.2, 0.25) is 5.91 Å². The molecule has 1 amide bonds. The number of nitrogens with zero attached hydrogens (tertiary/aromatic N) is 1. The van der Waals surface area contributed by atoms with Gasteiger partial charge in [0.05, 0.1) is 5.92 Å². The minimum atomic E-state index is 0.0708. The Bertz CT molecular complexity index is 676. The summed E-state index contributed by atoms with van der Waals surface area (Å²) in [5.41, 5.74) is 4.54. The van der Waals surface area contributed by atoms with Gasteiger partial charge in [-0.05, 0) is 49.9 Å². The van der Waals surface area contributed by atoms with Crippen molar-refractivity contribution in [3.8, 4) is 0 Å². The fourth-order valence-electron chi connectivity index (χ4n) is 3.49. The van der Waals surface area contributed by atoms with Crippen molar-refractivity contribution in [3.63, 3.8) is 0 Å². The lowest BCUT2D eigenvalue weighted by Gasteiger charge is -2.32. The second kappa shape index (κ2) is 7.63. The Kier molecular flexibility index (Phi) is 5.31. The van der Waals surface area contributed by atoms with Crippen LogP contribution < -0.4 is 5.32 Å². The average Bonchev–Trinajstić information content (AvgIpc) is 2.59. The van der Waals surface area contributed by atoms with Gasteiger partial charge >= 0.3 is 0 Å². The lowest BCUT2D eigenvalue weighted by atomic mass is 9.96. The first-order valence-corrected chi connectivity index (χ1v) is 8.77. The van der Waals surface area contributed by atoms with E-state index in [1.54, 1.807) is 0 Å². The van der Waals surface area contributed by atoms with Crippen molar-refractivity contribution in [2.45, 2.75) is 33.2 Å². The van der Waals surface area contributed by atoms with Crippen LogP contribution in [0.3, 0.4) is 0 Å². The highest BCUT2D eigenvalue weighted by Crippen LogP contribution is 2.23. The first-order valence-electron chi connectivity index (χ1n) is 8.77. The van der Waals surface area contributed by atoms with E-state index < -0.39 is 0 Å². The van der Waals surface area contributed by atoms with Crippen molar-refractivity contribution < 1.29 is 4.79 Å². The molecule has 1 heterocycles. The van der Waals surface area contributed by atoms with Crippen molar-refractivity contribution in [2.75, 3.05) is 18.4 Å². The van der Waals surface area contributed by atoms with Crippen LogP contribution in [0.2, 0.25) is 0 Å². The second-order valence-electron chi connectivity index (χ2n) is 6.82. The summed E-state index contributed by atoms with van der Waals surface area (Å²) in [7, 11) is 0. The van der Waals surface area contributed by atoms with Gasteiger partial charge in [-0.3, -0.25) is 9.69 Å². The maximum absolute atomic E-state index is 12.7. The molecule has 3 heteroatoms. The molecule has 0 aliphatic carbocycles. The second-order valence-corrected chi connectivity index (χ2v) is 6.82. The first kappa shape index (κ1) is 16.7. The van der Waals surface area contributed by atoms with Crippen LogP contribution in [-0.4, -0.2) is 23.9 Å². The zero-order valence-corrected chi connectivity index (χ0v) is 14.6. The van der Waals surface area contributed by atoms with Crippen molar-refractivity contribution >= 4 is 11.6 Å². The number of hydrogen-bond donors (Lipinski definition) is 1. The minimum absolute atomic E-state index is 0.0708. The Morgan fingerprint density at radius 2 is 1.79 bits per heavy atom. The van der Waals surface area contributed by atoms with Crippen molar-refractivity contribution in [2.24, 2.45) is 5.92 Å². The molecule has 1 fully saturated rings. The summed E-state index contributed by atoms with van der Waals surface area (Å²) < 4.78 is 0. The zero-order chi connectivity index (χ0) is 16.9. The van der Waals surface area contributed by atoms with Gasteiger partial charge in [-0.2, -0.15) is 0 Å². The van der Waals surface area contributed by atoms with Gasteiger partial charge in [0.15, 0.2) is 0 Å². The highest BCUT2D eigenvalue weighted by Gasteiger charge is 2.26. The lowest BCUT2D eigenvalue weighted by Crippen LogP contribution is -2.40. The van der Waals surface area contributed by atoms with Crippen LogP contribution in [0.1, 0.15) is 29.5 Å². The van der Waals surface area contributed by atoms with Gasteiger partial charge in [0.25, 0.3) is 0 Å². The van der Waals surface area contributed by atoms with E-state index in [4.69, 9.17) is 0 Å². The van der Waals surface area contributed by atoms with E-state index >= 15 is 0 Å². The number of aryl methyl sites for hydroxylation is 2. The molecule has 0 aromatic heterocycles. The van der Waals surface area contributed by atoms with Crippen molar-refractivity contribution in [1.29, 1.82) is 0 Å². The summed E-state index contributed by atoms with van der Waals surface area (Å²) in [6.45, 7) is 6.93. The molecule has 0 spiro atoms. The molecule has 2 aromatic carbocycles. The highest BCUT2D eigenvalue weighted by molar-refractivity contribution is 5.94. The number of carbonyl (C=O) groups is 1. The van der Waals surface area contributed by atoms with Gasteiger partial charge in [0.1, 0.15) is 0 Å². The molecular weight excluding hydrogens is 296 g/mol. The van der Waals surface area contributed by atoms with E-state index in [1.807, 2.05) is 38.1 Å². The number of rotatable bonds is 4. The molecule has 2 aromatic rings. The van der Waals surface area contributed by atoms with Gasteiger partial charge in [-0.1, -0.05) is 48.5 Å². The smallest absolute Gasteiger partial charge is 0.228 e. The van der Waals surface area contributed by atoms with Gasteiger partial charge in [-0.25, -0.2) is 0 Å². The average molecular weight is 322 g/mol. The Hall–Kier alpha value is -2.13. The maximum atomic E-state index is 12.7. The Balaban J connectivity index is 1.63. The molecule has 0 saturated carbocycles. The predicted molar refractivity (Wildman–Crippen MR) is 99.0 cm³/mol. The molecule has 1 atom stereocenters. The zero-order valence-electron chi connectivity index (χ0n) is 14.6. The van der Waals surface area contributed by atoms with Crippen molar-refractivity contribution in [1.82, 2.24) is 4.90 Å². The number of anilines is 1. The van der Waals surface area contributed by atoms with E-state index in [9.17, 15) is 4.79 Å². The summed E-state index contributed by atoms with van der Waals surface area (Å²) in [5, 5.41) is 3.17. The Morgan fingerprint density at radius 3 is 2.50 bits per heavy atom. The minimum Gasteiger partial charge on any atom is -0.325 e. The number of likely N-dealkylation sites (tertiary alicyclic amines) is 1. The number of carbonyl (C=O) groups excluding carboxylic acids is 1.